The van der Waals surface area contributed by atoms with Crippen LogP contribution in [0.5, 0.6) is 0 Å². The van der Waals surface area contributed by atoms with Crippen LogP contribution in [-0.2, 0) is 11.5 Å². The Morgan fingerprint density at radius 1 is 1.33 bits per heavy atom. The number of carbonyl (C=O) groups excluding carboxylic acids is 1. The second kappa shape index (κ2) is 6.26. The van der Waals surface area contributed by atoms with Gasteiger partial charge in [-0.05, 0) is 37.1 Å². The molecule has 2 heterocycles. The van der Waals surface area contributed by atoms with Crippen LogP contribution in [-0.4, -0.2) is 21.0 Å². The van der Waals surface area contributed by atoms with E-state index in [2.05, 4.69) is 15.3 Å². The molecular weight excluding hydrogens is 326 g/mol. The minimum Gasteiger partial charge on any atom is -0.386 e. The molecule has 1 aromatic carbocycles. The zero-order valence-corrected chi connectivity index (χ0v) is 14.2. The summed E-state index contributed by atoms with van der Waals surface area (Å²) in [6.07, 6.45) is 3.52. The molecule has 24 heavy (non-hydrogen) atoms. The number of aromatic amines is 1. The third kappa shape index (κ3) is 3.27. The summed E-state index contributed by atoms with van der Waals surface area (Å²) in [4.78, 5) is 19.7. The number of alkyl halides is 1. The zero-order chi connectivity index (χ0) is 17.3. The molecule has 0 aliphatic rings. The van der Waals surface area contributed by atoms with Crippen molar-refractivity contribution in [3.63, 3.8) is 0 Å². The number of carbonyl (C=O) groups is 1. The standard InChI is InChI=1S/C18H18ClN3O2/c1-18(2,24)13-5-3-11(4-6-13)17(23)22-16-7-15-14(10-21-16)12(8-19)9-20-15/h3-7,9-10,20,24H,8H2,1-2H3,(H,21,22,23). The van der Waals surface area contributed by atoms with Gasteiger partial charge < -0.3 is 15.4 Å². The summed E-state index contributed by atoms with van der Waals surface area (Å²) in [6.45, 7) is 3.40. The summed E-state index contributed by atoms with van der Waals surface area (Å²) >= 11 is 5.86. The lowest BCUT2D eigenvalue weighted by atomic mass is 9.97. The number of pyridine rings is 1. The molecule has 5 nitrogen and oxygen atoms in total. The van der Waals surface area contributed by atoms with Crippen molar-refractivity contribution < 1.29 is 9.90 Å². The lowest BCUT2D eigenvalue weighted by molar-refractivity contribution is 0.0785. The average molecular weight is 344 g/mol. The van der Waals surface area contributed by atoms with Gasteiger partial charge in [0.25, 0.3) is 5.91 Å². The molecule has 6 heteroatoms. The van der Waals surface area contributed by atoms with Gasteiger partial charge in [-0.3, -0.25) is 4.79 Å². The minimum absolute atomic E-state index is 0.256. The molecule has 0 aliphatic heterocycles. The molecule has 0 spiro atoms. The first-order valence-electron chi connectivity index (χ1n) is 7.55. The van der Waals surface area contributed by atoms with Crippen LogP contribution in [0.1, 0.15) is 35.3 Å². The largest absolute Gasteiger partial charge is 0.386 e. The van der Waals surface area contributed by atoms with E-state index < -0.39 is 5.60 Å². The van der Waals surface area contributed by atoms with Crippen LogP contribution in [0.4, 0.5) is 5.82 Å². The van der Waals surface area contributed by atoms with Gasteiger partial charge in [0.2, 0.25) is 0 Å². The van der Waals surface area contributed by atoms with Gasteiger partial charge in [-0.25, -0.2) is 4.98 Å². The molecule has 0 atom stereocenters. The summed E-state index contributed by atoms with van der Waals surface area (Å²) < 4.78 is 0. The molecule has 0 aliphatic carbocycles. The van der Waals surface area contributed by atoms with Gasteiger partial charge in [-0.2, -0.15) is 0 Å². The van der Waals surface area contributed by atoms with E-state index in [9.17, 15) is 9.90 Å². The lowest BCUT2D eigenvalue weighted by Crippen LogP contribution is -2.17. The minimum atomic E-state index is -0.935. The van der Waals surface area contributed by atoms with Crippen molar-refractivity contribution in [2.75, 3.05) is 5.32 Å². The number of rotatable bonds is 4. The number of hydrogen-bond donors (Lipinski definition) is 3. The predicted octanol–water partition coefficient (Wildman–Crippen LogP) is 3.78. The number of aliphatic hydroxyl groups is 1. The van der Waals surface area contributed by atoms with E-state index in [1.165, 1.54) is 0 Å². The second-order valence-corrected chi connectivity index (χ2v) is 6.42. The summed E-state index contributed by atoms with van der Waals surface area (Å²) in [5.74, 6) is 0.608. The Morgan fingerprint density at radius 3 is 2.67 bits per heavy atom. The van der Waals surface area contributed by atoms with Crippen LogP contribution in [0.2, 0.25) is 0 Å². The van der Waals surface area contributed by atoms with Crippen molar-refractivity contribution in [2.24, 2.45) is 0 Å². The summed E-state index contributed by atoms with van der Waals surface area (Å²) in [5, 5.41) is 13.7. The zero-order valence-electron chi connectivity index (χ0n) is 13.4. The molecule has 124 valence electrons. The number of halogens is 1. The van der Waals surface area contributed by atoms with Gasteiger partial charge in [0.15, 0.2) is 0 Å². The van der Waals surface area contributed by atoms with Gasteiger partial charge in [0.05, 0.1) is 11.1 Å². The third-order valence-electron chi connectivity index (χ3n) is 3.89. The third-order valence-corrected chi connectivity index (χ3v) is 4.18. The van der Waals surface area contributed by atoms with E-state index in [1.807, 2.05) is 6.20 Å². The Morgan fingerprint density at radius 2 is 2.04 bits per heavy atom. The number of nitrogens with one attached hydrogen (secondary N) is 2. The molecule has 0 saturated carbocycles. The summed E-state index contributed by atoms with van der Waals surface area (Å²) in [5.41, 5.74) is 2.15. The van der Waals surface area contributed by atoms with Gasteiger partial charge >= 0.3 is 0 Å². The Bertz CT molecular complexity index is 879. The quantitative estimate of drug-likeness (QED) is 0.631. The molecule has 3 rings (SSSR count). The molecule has 0 unspecified atom stereocenters. The molecule has 2 aromatic heterocycles. The van der Waals surface area contributed by atoms with Gasteiger partial charge in [-0.15, -0.1) is 11.6 Å². The molecule has 3 N–H and O–H groups in total. The first-order valence-corrected chi connectivity index (χ1v) is 8.08. The number of anilines is 1. The SMILES string of the molecule is CC(C)(O)c1ccc(C(=O)Nc2cc3[nH]cc(CCl)c3cn2)cc1. The highest BCUT2D eigenvalue weighted by Crippen LogP contribution is 2.22. The summed E-state index contributed by atoms with van der Waals surface area (Å²) in [6, 6.07) is 8.61. The van der Waals surface area contributed by atoms with Crippen LogP contribution < -0.4 is 5.32 Å². The number of hydrogen-bond acceptors (Lipinski definition) is 3. The highest BCUT2D eigenvalue weighted by Gasteiger charge is 2.16. The van der Waals surface area contributed by atoms with Gasteiger partial charge in [-0.1, -0.05) is 12.1 Å². The van der Waals surface area contributed by atoms with E-state index >= 15 is 0 Å². The number of benzene rings is 1. The molecule has 0 saturated heterocycles. The first-order chi connectivity index (χ1) is 11.4. The highest BCUT2D eigenvalue weighted by atomic mass is 35.5. The Hall–Kier alpha value is -2.37. The smallest absolute Gasteiger partial charge is 0.256 e. The van der Waals surface area contributed by atoms with Gasteiger partial charge in [0.1, 0.15) is 5.82 Å². The van der Waals surface area contributed by atoms with E-state index in [0.29, 0.717) is 17.3 Å². The van der Waals surface area contributed by atoms with E-state index in [1.54, 1.807) is 50.4 Å². The van der Waals surface area contributed by atoms with Crippen molar-refractivity contribution in [1.82, 2.24) is 9.97 Å². The highest BCUT2D eigenvalue weighted by molar-refractivity contribution is 6.18. The van der Waals surface area contributed by atoms with Crippen molar-refractivity contribution in [2.45, 2.75) is 25.3 Å². The van der Waals surface area contributed by atoms with E-state index in [4.69, 9.17) is 11.6 Å². The second-order valence-electron chi connectivity index (χ2n) is 6.15. The number of aromatic nitrogens is 2. The average Bonchev–Trinajstić information content (AvgIpc) is 2.96. The van der Waals surface area contributed by atoms with Crippen molar-refractivity contribution in [1.29, 1.82) is 0 Å². The predicted molar refractivity (Wildman–Crippen MR) is 95.3 cm³/mol. The Labute approximate surface area is 144 Å². The normalized spacial score (nSPS) is 11.7. The van der Waals surface area contributed by atoms with Crippen LogP contribution in [0.3, 0.4) is 0 Å². The first kappa shape index (κ1) is 16.5. The molecular formula is C18H18ClN3O2. The number of nitrogens with zero attached hydrogens (tertiary/aromatic N) is 1. The molecule has 0 radical (unpaired) electrons. The van der Waals surface area contributed by atoms with Crippen LogP contribution in [0, 0.1) is 0 Å². The van der Waals surface area contributed by atoms with E-state index in [-0.39, 0.29) is 5.91 Å². The summed E-state index contributed by atoms with van der Waals surface area (Å²) in [7, 11) is 0. The number of amides is 1. The fourth-order valence-electron chi connectivity index (χ4n) is 2.47. The maximum absolute atomic E-state index is 12.3. The molecule has 3 aromatic rings. The van der Waals surface area contributed by atoms with Crippen molar-refractivity contribution >= 4 is 34.2 Å². The Kier molecular flexibility index (Phi) is 4.30. The lowest BCUT2D eigenvalue weighted by Gasteiger charge is -2.17. The van der Waals surface area contributed by atoms with Crippen LogP contribution in [0.15, 0.2) is 42.7 Å². The topological polar surface area (TPSA) is 78.0 Å². The fourth-order valence-corrected chi connectivity index (χ4v) is 2.69. The van der Waals surface area contributed by atoms with E-state index in [0.717, 1.165) is 22.0 Å². The molecule has 1 amide bonds. The molecule has 0 fully saturated rings. The maximum atomic E-state index is 12.3. The fraction of sp³-hybridized carbons (Fsp3) is 0.222. The molecule has 0 bridgehead atoms. The number of fused-ring (bicyclic) bond motifs is 1. The monoisotopic (exact) mass is 343 g/mol. The maximum Gasteiger partial charge on any atom is 0.256 e. The van der Waals surface area contributed by atoms with Crippen molar-refractivity contribution in [3.8, 4) is 0 Å². The Balaban J connectivity index is 1.79. The van der Waals surface area contributed by atoms with Crippen molar-refractivity contribution in [3.05, 3.63) is 59.4 Å². The number of H-pyrrole nitrogens is 1. The van der Waals surface area contributed by atoms with Gasteiger partial charge in [0, 0.05) is 35.3 Å². The van der Waals surface area contributed by atoms with Crippen LogP contribution in [0.25, 0.3) is 10.9 Å². The van der Waals surface area contributed by atoms with Crippen LogP contribution >= 0.6 is 11.6 Å².